The molecule has 1 aliphatic rings. The Kier molecular flexibility index (Phi) is 3.90. The summed E-state index contributed by atoms with van der Waals surface area (Å²) in [5.41, 5.74) is 6.25. The number of hydrogen-bond donors (Lipinski definition) is 3. The van der Waals surface area contributed by atoms with Gasteiger partial charge in [0, 0.05) is 13.2 Å². The minimum Gasteiger partial charge on any atom is -0.478 e. The van der Waals surface area contributed by atoms with Crippen molar-refractivity contribution in [2.45, 2.75) is 37.8 Å². The fraction of sp³-hybridized carbons (Fsp3) is 0.538. The summed E-state index contributed by atoms with van der Waals surface area (Å²) >= 11 is 0. The Balaban J connectivity index is 2.23. The Morgan fingerprint density at radius 3 is 2.74 bits per heavy atom. The van der Waals surface area contributed by atoms with Gasteiger partial charge in [0.15, 0.2) is 5.82 Å². The molecule has 4 N–H and O–H groups in total. The number of pyridine rings is 1. The van der Waals surface area contributed by atoms with Crippen molar-refractivity contribution in [1.82, 2.24) is 4.98 Å². The maximum Gasteiger partial charge on any atom is 0.337 e. The summed E-state index contributed by atoms with van der Waals surface area (Å²) in [5, 5.41) is 18.9. The lowest BCUT2D eigenvalue weighted by molar-refractivity contribution is 0.0696. The van der Waals surface area contributed by atoms with E-state index in [0.29, 0.717) is 11.5 Å². The number of aliphatic hydroxyl groups excluding tert-OH is 1. The van der Waals surface area contributed by atoms with E-state index in [1.165, 1.54) is 12.3 Å². The zero-order chi connectivity index (χ0) is 14.0. The van der Waals surface area contributed by atoms with E-state index in [9.17, 15) is 9.90 Å². The van der Waals surface area contributed by atoms with Crippen LogP contribution < -0.4 is 10.6 Å². The van der Waals surface area contributed by atoms with Gasteiger partial charge in [-0.15, -0.1) is 0 Å². The highest BCUT2D eigenvalue weighted by atomic mass is 16.4. The minimum absolute atomic E-state index is 0.0146. The molecule has 104 valence electrons. The highest BCUT2D eigenvalue weighted by molar-refractivity contribution is 5.89. The van der Waals surface area contributed by atoms with Crippen LogP contribution in [-0.2, 0) is 0 Å². The van der Waals surface area contributed by atoms with Crippen molar-refractivity contribution in [3.63, 3.8) is 0 Å². The predicted octanol–water partition coefficient (Wildman–Crippen LogP) is 1.10. The Hall–Kier alpha value is -1.82. The quantitative estimate of drug-likeness (QED) is 0.756. The van der Waals surface area contributed by atoms with Crippen LogP contribution in [0.25, 0.3) is 0 Å². The number of nitrogen functional groups attached to an aromatic ring is 1. The third-order valence-electron chi connectivity index (χ3n) is 3.67. The second-order valence-corrected chi connectivity index (χ2v) is 4.97. The second-order valence-electron chi connectivity index (χ2n) is 4.97. The SMILES string of the molecule is CN(c1ncc(C(=O)O)cc1N)C1CCCCC1O. The molecule has 1 aliphatic carbocycles. The minimum atomic E-state index is -1.05. The fourth-order valence-electron chi connectivity index (χ4n) is 2.59. The summed E-state index contributed by atoms with van der Waals surface area (Å²) < 4.78 is 0. The molecule has 1 fully saturated rings. The molecule has 2 rings (SSSR count). The standard InChI is InChI=1S/C13H19N3O3/c1-16(10-4-2-3-5-11(10)17)12-9(14)6-8(7-15-12)13(18)19/h6-7,10-11,17H,2-5,14H2,1H3,(H,18,19). The molecule has 2 atom stereocenters. The van der Waals surface area contributed by atoms with Crippen molar-refractivity contribution in [2.24, 2.45) is 0 Å². The van der Waals surface area contributed by atoms with Crippen molar-refractivity contribution in [3.05, 3.63) is 17.8 Å². The molecule has 6 heteroatoms. The van der Waals surface area contributed by atoms with Crippen molar-refractivity contribution < 1.29 is 15.0 Å². The normalized spacial score (nSPS) is 23.1. The molecule has 6 nitrogen and oxygen atoms in total. The van der Waals surface area contributed by atoms with Gasteiger partial charge in [-0.3, -0.25) is 0 Å². The van der Waals surface area contributed by atoms with E-state index < -0.39 is 5.97 Å². The van der Waals surface area contributed by atoms with E-state index in [1.807, 2.05) is 11.9 Å². The molecule has 0 bridgehead atoms. The van der Waals surface area contributed by atoms with E-state index in [-0.39, 0.29) is 17.7 Å². The molecule has 0 amide bonds. The number of aromatic carboxylic acids is 1. The molecular formula is C13H19N3O3. The van der Waals surface area contributed by atoms with Gasteiger partial charge >= 0.3 is 5.97 Å². The maximum absolute atomic E-state index is 10.8. The Labute approximate surface area is 111 Å². The van der Waals surface area contributed by atoms with E-state index in [4.69, 9.17) is 10.8 Å². The van der Waals surface area contributed by atoms with Crippen LogP contribution in [0.5, 0.6) is 0 Å². The van der Waals surface area contributed by atoms with Crippen LogP contribution in [0.3, 0.4) is 0 Å². The van der Waals surface area contributed by atoms with E-state index in [2.05, 4.69) is 4.98 Å². The third-order valence-corrected chi connectivity index (χ3v) is 3.67. The molecule has 1 aromatic rings. The van der Waals surface area contributed by atoms with Crippen molar-refractivity contribution in [2.75, 3.05) is 17.7 Å². The Morgan fingerprint density at radius 2 is 2.16 bits per heavy atom. The van der Waals surface area contributed by atoms with Gasteiger partial charge < -0.3 is 20.8 Å². The first-order chi connectivity index (χ1) is 9.00. The number of hydrogen-bond acceptors (Lipinski definition) is 5. The van der Waals surface area contributed by atoms with Gasteiger partial charge in [0.2, 0.25) is 0 Å². The van der Waals surface area contributed by atoms with Crippen LogP contribution in [-0.4, -0.2) is 40.4 Å². The molecule has 1 aromatic heterocycles. The van der Waals surface area contributed by atoms with E-state index in [1.54, 1.807) is 0 Å². The van der Waals surface area contributed by atoms with Crippen LogP contribution in [0.4, 0.5) is 11.5 Å². The van der Waals surface area contributed by atoms with Gasteiger partial charge in [0.1, 0.15) is 0 Å². The predicted molar refractivity (Wildman–Crippen MR) is 72.3 cm³/mol. The molecule has 2 unspecified atom stereocenters. The monoisotopic (exact) mass is 265 g/mol. The van der Waals surface area contributed by atoms with Crippen molar-refractivity contribution >= 4 is 17.5 Å². The van der Waals surface area contributed by atoms with Crippen LogP contribution in [0.1, 0.15) is 36.0 Å². The molecule has 1 heterocycles. The maximum atomic E-state index is 10.8. The van der Waals surface area contributed by atoms with Gasteiger partial charge in [0.05, 0.1) is 23.4 Å². The van der Waals surface area contributed by atoms with Crippen molar-refractivity contribution in [3.8, 4) is 0 Å². The number of anilines is 2. The Bertz CT molecular complexity index is 478. The number of carboxylic acid groups (broad SMARTS) is 1. The molecule has 1 saturated carbocycles. The number of nitrogens with zero attached hydrogens (tertiary/aromatic N) is 2. The van der Waals surface area contributed by atoms with Crippen LogP contribution >= 0.6 is 0 Å². The highest BCUT2D eigenvalue weighted by Gasteiger charge is 2.28. The lowest BCUT2D eigenvalue weighted by Crippen LogP contribution is -2.44. The first-order valence-electron chi connectivity index (χ1n) is 6.40. The number of carbonyl (C=O) groups is 1. The molecule has 0 radical (unpaired) electrons. The fourth-order valence-corrected chi connectivity index (χ4v) is 2.59. The molecular weight excluding hydrogens is 246 g/mol. The number of rotatable bonds is 3. The number of nitrogens with two attached hydrogens (primary N) is 1. The average Bonchev–Trinajstić information content (AvgIpc) is 2.38. The summed E-state index contributed by atoms with van der Waals surface area (Å²) in [6, 6.07) is 1.38. The number of aromatic nitrogens is 1. The number of carboxylic acids is 1. The topological polar surface area (TPSA) is 99.7 Å². The largest absolute Gasteiger partial charge is 0.478 e. The van der Waals surface area contributed by atoms with Crippen LogP contribution in [0.15, 0.2) is 12.3 Å². The Morgan fingerprint density at radius 1 is 1.47 bits per heavy atom. The highest BCUT2D eigenvalue weighted by Crippen LogP contribution is 2.28. The lowest BCUT2D eigenvalue weighted by atomic mass is 9.91. The van der Waals surface area contributed by atoms with E-state index in [0.717, 1.165) is 25.7 Å². The van der Waals surface area contributed by atoms with Gasteiger partial charge in [-0.05, 0) is 18.9 Å². The third kappa shape index (κ3) is 2.78. The molecule has 0 aliphatic heterocycles. The van der Waals surface area contributed by atoms with Gasteiger partial charge in [-0.25, -0.2) is 9.78 Å². The average molecular weight is 265 g/mol. The molecule has 19 heavy (non-hydrogen) atoms. The number of likely N-dealkylation sites (N-methyl/N-ethyl adjacent to an activating group) is 1. The summed E-state index contributed by atoms with van der Waals surface area (Å²) in [5.74, 6) is -0.526. The van der Waals surface area contributed by atoms with Gasteiger partial charge in [0.25, 0.3) is 0 Å². The zero-order valence-corrected chi connectivity index (χ0v) is 10.9. The summed E-state index contributed by atoms with van der Waals surface area (Å²) in [6.07, 6.45) is 4.67. The van der Waals surface area contributed by atoms with Crippen LogP contribution in [0, 0.1) is 0 Å². The summed E-state index contributed by atoms with van der Waals surface area (Å²) in [6.45, 7) is 0. The molecule has 0 spiro atoms. The lowest BCUT2D eigenvalue weighted by Gasteiger charge is -2.36. The summed E-state index contributed by atoms with van der Waals surface area (Å²) in [7, 11) is 1.83. The van der Waals surface area contributed by atoms with Gasteiger partial charge in [-0.2, -0.15) is 0 Å². The van der Waals surface area contributed by atoms with Crippen LogP contribution in [0.2, 0.25) is 0 Å². The van der Waals surface area contributed by atoms with Gasteiger partial charge in [-0.1, -0.05) is 12.8 Å². The summed E-state index contributed by atoms with van der Waals surface area (Å²) in [4.78, 5) is 16.8. The first-order valence-corrected chi connectivity index (χ1v) is 6.40. The van der Waals surface area contributed by atoms with E-state index >= 15 is 0 Å². The first kappa shape index (κ1) is 13.6. The second kappa shape index (κ2) is 5.44. The molecule has 0 saturated heterocycles. The van der Waals surface area contributed by atoms with Crippen molar-refractivity contribution in [1.29, 1.82) is 0 Å². The zero-order valence-electron chi connectivity index (χ0n) is 10.9. The number of aliphatic hydroxyl groups is 1. The smallest absolute Gasteiger partial charge is 0.337 e. The molecule has 0 aromatic carbocycles.